The molecule has 1 amide bonds. The molecule has 1 N–H and O–H groups in total. The number of benzene rings is 2. The molecule has 0 fully saturated rings. The standard InChI is InChI=1S/C24H22N2O/c1-24(23(27)26-15-16-10-12-25-13-11-16)14-21-17-6-2-4-8-19(17)22(24)20-9-5-3-7-18(20)21/h2-13,21-22H,14-15H2,1H3,(H,26,27). The molecular formula is C24H22N2O. The molecule has 3 aromatic rings. The first-order chi connectivity index (χ1) is 13.2. The lowest BCUT2D eigenvalue weighted by molar-refractivity contribution is -0.132. The molecule has 3 aliphatic carbocycles. The van der Waals surface area contributed by atoms with E-state index in [2.05, 4.69) is 65.8 Å². The maximum Gasteiger partial charge on any atom is 0.227 e. The highest BCUT2D eigenvalue weighted by Crippen LogP contribution is 2.60. The molecule has 2 aromatic carbocycles. The highest BCUT2D eigenvalue weighted by atomic mass is 16.2. The second-order valence-corrected chi connectivity index (χ2v) is 7.90. The quantitative estimate of drug-likeness (QED) is 0.758. The second-order valence-electron chi connectivity index (χ2n) is 7.90. The Morgan fingerprint density at radius 1 is 0.963 bits per heavy atom. The van der Waals surface area contributed by atoms with Crippen LogP contribution in [0.2, 0.25) is 0 Å². The van der Waals surface area contributed by atoms with Crippen LogP contribution >= 0.6 is 0 Å². The molecule has 3 aliphatic rings. The van der Waals surface area contributed by atoms with Crippen LogP contribution in [0.5, 0.6) is 0 Å². The fourth-order valence-corrected chi connectivity index (χ4v) is 5.07. The van der Waals surface area contributed by atoms with Gasteiger partial charge in [0.25, 0.3) is 0 Å². The highest BCUT2D eigenvalue weighted by Gasteiger charge is 2.53. The number of fused-ring (bicyclic) bond motifs is 1. The second kappa shape index (κ2) is 6.05. The van der Waals surface area contributed by atoms with Crippen molar-refractivity contribution in [2.24, 2.45) is 5.41 Å². The number of rotatable bonds is 3. The number of carbonyl (C=O) groups excluding carboxylic acids is 1. The van der Waals surface area contributed by atoms with Gasteiger partial charge in [0.1, 0.15) is 0 Å². The molecule has 0 spiro atoms. The SMILES string of the molecule is CC1(C(=O)NCc2ccncc2)CC2c3ccccc3C1c1ccccc12. The molecule has 0 saturated carbocycles. The molecule has 0 radical (unpaired) electrons. The summed E-state index contributed by atoms with van der Waals surface area (Å²) in [6.07, 6.45) is 4.38. The van der Waals surface area contributed by atoms with Crippen LogP contribution in [0, 0.1) is 5.41 Å². The van der Waals surface area contributed by atoms with Gasteiger partial charge in [0, 0.05) is 30.8 Å². The predicted molar refractivity (Wildman–Crippen MR) is 105 cm³/mol. The monoisotopic (exact) mass is 354 g/mol. The Hall–Kier alpha value is -2.94. The molecule has 1 heterocycles. The summed E-state index contributed by atoms with van der Waals surface area (Å²) in [6.45, 7) is 2.68. The lowest BCUT2D eigenvalue weighted by atomic mass is 9.52. The Labute approximate surface area is 159 Å². The van der Waals surface area contributed by atoms with Gasteiger partial charge in [0.05, 0.1) is 5.41 Å². The molecule has 1 aromatic heterocycles. The van der Waals surface area contributed by atoms with Crippen molar-refractivity contribution in [2.45, 2.75) is 31.7 Å². The van der Waals surface area contributed by atoms with E-state index in [4.69, 9.17) is 0 Å². The van der Waals surface area contributed by atoms with Gasteiger partial charge in [-0.1, -0.05) is 48.5 Å². The summed E-state index contributed by atoms with van der Waals surface area (Å²) in [4.78, 5) is 17.4. The van der Waals surface area contributed by atoms with Crippen molar-refractivity contribution in [3.8, 4) is 0 Å². The van der Waals surface area contributed by atoms with Gasteiger partial charge < -0.3 is 5.32 Å². The topological polar surface area (TPSA) is 42.0 Å². The normalized spacial score (nSPS) is 24.8. The average molecular weight is 354 g/mol. The minimum Gasteiger partial charge on any atom is -0.352 e. The largest absolute Gasteiger partial charge is 0.352 e. The van der Waals surface area contributed by atoms with Gasteiger partial charge in [-0.15, -0.1) is 0 Å². The van der Waals surface area contributed by atoms with Gasteiger partial charge in [-0.05, 0) is 53.3 Å². The fraction of sp³-hybridized carbons (Fsp3) is 0.250. The molecule has 134 valence electrons. The van der Waals surface area contributed by atoms with Crippen LogP contribution in [0.25, 0.3) is 0 Å². The van der Waals surface area contributed by atoms with Gasteiger partial charge in [0.15, 0.2) is 0 Å². The third-order valence-corrected chi connectivity index (χ3v) is 6.35. The Balaban J connectivity index is 1.53. The molecule has 27 heavy (non-hydrogen) atoms. The molecule has 0 saturated heterocycles. The van der Waals surface area contributed by atoms with Crippen molar-refractivity contribution >= 4 is 5.91 Å². The van der Waals surface area contributed by atoms with Gasteiger partial charge >= 0.3 is 0 Å². The van der Waals surface area contributed by atoms with Crippen molar-refractivity contribution in [1.82, 2.24) is 10.3 Å². The minimum absolute atomic E-state index is 0.104. The van der Waals surface area contributed by atoms with Gasteiger partial charge in [-0.3, -0.25) is 9.78 Å². The third kappa shape index (κ3) is 2.42. The van der Waals surface area contributed by atoms with Crippen LogP contribution in [0.15, 0.2) is 73.1 Å². The summed E-state index contributed by atoms with van der Waals surface area (Å²) in [5.41, 5.74) is 6.04. The van der Waals surface area contributed by atoms with Crippen LogP contribution in [0.1, 0.15) is 53.0 Å². The molecule has 1 unspecified atom stereocenters. The lowest BCUT2D eigenvalue weighted by Gasteiger charge is -2.50. The first-order valence-corrected chi connectivity index (χ1v) is 9.53. The van der Waals surface area contributed by atoms with E-state index in [0.717, 1.165) is 12.0 Å². The summed E-state index contributed by atoms with van der Waals surface area (Å²) in [5, 5.41) is 3.19. The smallest absolute Gasteiger partial charge is 0.227 e. The van der Waals surface area contributed by atoms with Crippen molar-refractivity contribution < 1.29 is 4.79 Å². The van der Waals surface area contributed by atoms with Crippen LogP contribution < -0.4 is 5.32 Å². The number of aromatic nitrogens is 1. The maximum absolute atomic E-state index is 13.4. The van der Waals surface area contributed by atoms with Crippen LogP contribution in [-0.4, -0.2) is 10.9 Å². The minimum atomic E-state index is -0.444. The molecule has 3 heteroatoms. The van der Waals surface area contributed by atoms with E-state index in [1.165, 1.54) is 22.3 Å². The van der Waals surface area contributed by atoms with E-state index in [0.29, 0.717) is 12.5 Å². The van der Waals surface area contributed by atoms with E-state index in [-0.39, 0.29) is 11.8 Å². The number of hydrogen-bond donors (Lipinski definition) is 1. The first kappa shape index (κ1) is 16.2. The summed E-state index contributed by atoms with van der Waals surface area (Å²) >= 11 is 0. The molecule has 1 atom stereocenters. The summed E-state index contributed by atoms with van der Waals surface area (Å²) < 4.78 is 0. The molecule has 3 nitrogen and oxygen atoms in total. The van der Waals surface area contributed by atoms with E-state index >= 15 is 0 Å². The zero-order valence-electron chi connectivity index (χ0n) is 15.4. The highest BCUT2D eigenvalue weighted by molar-refractivity contribution is 5.86. The molecule has 6 rings (SSSR count). The molecule has 0 aliphatic heterocycles. The van der Waals surface area contributed by atoms with E-state index in [1.54, 1.807) is 12.4 Å². The van der Waals surface area contributed by atoms with Gasteiger partial charge in [-0.2, -0.15) is 0 Å². The zero-order chi connectivity index (χ0) is 18.4. The van der Waals surface area contributed by atoms with Crippen LogP contribution in [0.3, 0.4) is 0 Å². The number of carbonyl (C=O) groups is 1. The third-order valence-electron chi connectivity index (χ3n) is 6.35. The lowest BCUT2D eigenvalue weighted by Crippen LogP contribution is -2.49. The fourth-order valence-electron chi connectivity index (χ4n) is 5.07. The number of pyridine rings is 1. The zero-order valence-corrected chi connectivity index (χ0v) is 15.4. The summed E-state index contributed by atoms with van der Waals surface area (Å²) in [5.74, 6) is 0.532. The Bertz CT molecular complexity index is 966. The Kier molecular flexibility index (Phi) is 3.64. The Morgan fingerprint density at radius 3 is 2.11 bits per heavy atom. The van der Waals surface area contributed by atoms with Gasteiger partial charge in [0.2, 0.25) is 5.91 Å². The van der Waals surface area contributed by atoms with Crippen molar-refractivity contribution in [2.75, 3.05) is 0 Å². The van der Waals surface area contributed by atoms with E-state index < -0.39 is 5.41 Å². The average Bonchev–Trinajstić information content (AvgIpc) is 2.73. The van der Waals surface area contributed by atoms with Crippen LogP contribution in [0.4, 0.5) is 0 Å². The van der Waals surface area contributed by atoms with Crippen LogP contribution in [-0.2, 0) is 11.3 Å². The predicted octanol–water partition coefficient (Wildman–Crippen LogP) is 4.39. The number of amides is 1. The number of hydrogen-bond acceptors (Lipinski definition) is 2. The van der Waals surface area contributed by atoms with Crippen molar-refractivity contribution in [1.29, 1.82) is 0 Å². The van der Waals surface area contributed by atoms with E-state index in [9.17, 15) is 4.79 Å². The van der Waals surface area contributed by atoms with Gasteiger partial charge in [-0.25, -0.2) is 0 Å². The Morgan fingerprint density at radius 2 is 1.52 bits per heavy atom. The summed E-state index contributed by atoms with van der Waals surface area (Å²) in [6, 6.07) is 21.2. The van der Waals surface area contributed by atoms with Crippen molar-refractivity contribution in [3.63, 3.8) is 0 Å². The molecule has 2 bridgehead atoms. The number of nitrogens with one attached hydrogen (secondary N) is 1. The number of nitrogens with zero attached hydrogens (tertiary/aromatic N) is 1. The summed E-state index contributed by atoms with van der Waals surface area (Å²) in [7, 11) is 0. The van der Waals surface area contributed by atoms with E-state index in [1.807, 2.05) is 12.1 Å². The first-order valence-electron chi connectivity index (χ1n) is 9.53. The maximum atomic E-state index is 13.4. The van der Waals surface area contributed by atoms with Crippen molar-refractivity contribution in [3.05, 3.63) is 101 Å². The molecular weight excluding hydrogens is 332 g/mol.